The molecule has 1 fully saturated rings. The van der Waals surface area contributed by atoms with Crippen LogP contribution in [0.3, 0.4) is 0 Å². The van der Waals surface area contributed by atoms with Crippen molar-refractivity contribution in [2.45, 2.75) is 19.9 Å². The molecule has 1 N–H and O–H groups in total. The van der Waals surface area contributed by atoms with Crippen LogP contribution >= 0.6 is 15.9 Å². The molecule has 0 atom stereocenters. The largest absolute Gasteiger partial charge is 0.486 e. The minimum atomic E-state index is -0.154. The van der Waals surface area contributed by atoms with Crippen molar-refractivity contribution in [1.82, 2.24) is 4.90 Å². The lowest BCUT2D eigenvalue weighted by atomic mass is 10.1. The molecule has 2 aromatic carbocycles. The van der Waals surface area contributed by atoms with E-state index in [9.17, 15) is 4.79 Å². The first-order chi connectivity index (χ1) is 14.0. The lowest BCUT2D eigenvalue weighted by Gasteiger charge is -2.38. The second-order valence-electron chi connectivity index (χ2n) is 7.59. The molecule has 2 aliphatic rings. The van der Waals surface area contributed by atoms with Gasteiger partial charge in [0.05, 0.1) is 5.69 Å². The van der Waals surface area contributed by atoms with Crippen molar-refractivity contribution in [2.75, 3.05) is 49.6 Å². The molecule has 7 heteroatoms. The zero-order valence-electron chi connectivity index (χ0n) is 16.8. The van der Waals surface area contributed by atoms with Gasteiger partial charge in [-0.1, -0.05) is 0 Å². The zero-order valence-corrected chi connectivity index (χ0v) is 18.4. The van der Waals surface area contributed by atoms with Crippen LogP contribution in [0.4, 0.5) is 11.4 Å². The van der Waals surface area contributed by atoms with Gasteiger partial charge in [-0.15, -0.1) is 0 Å². The molecule has 0 aliphatic carbocycles. The Morgan fingerprint density at radius 1 is 1.00 bits per heavy atom. The molecule has 2 aliphatic heterocycles. The molecule has 1 saturated heterocycles. The summed E-state index contributed by atoms with van der Waals surface area (Å²) in [5.74, 6) is 1.17. The van der Waals surface area contributed by atoms with Crippen LogP contribution in [0.25, 0.3) is 0 Å². The summed E-state index contributed by atoms with van der Waals surface area (Å²) in [6.45, 7) is 9.67. The van der Waals surface area contributed by atoms with E-state index in [1.54, 1.807) is 6.07 Å². The molecular formula is C22H26BrN3O3. The molecule has 2 aromatic rings. The van der Waals surface area contributed by atoms with Gasteiger partial charge in [0.15, 0.2) is 11.5 Å². The highest BCUT2D eigenvalue weighted by atomic mass is 79.9. The fourth-order valence-electron chi connectivity index (χ4n) is 3.67. The Labute approximate surface area is 179 Å². The molecule has 29 heavy (non-hydrogen) atoms. The molecule has 0 spiro atoms. The van der Waals surface area contributed by atoms with E-state index in [2.05, 4.69) is 44.9 Å². The van der Waals surface area contributed by atoms with Crippen molar-refractivity contribution < 1.29 is 14.3 Å². The van der Waals surface area contributed by atoms with Crippen molar-refractivity contribution in [2.24, 2.45) is 0 Å². The SMILES string of the molecule is CC(C)N1CCN(c2ccc(C(=O)Nc3cc4c(cc3Br)OCCO4)cc2)CC1. The summed E-state index contributed by atoms with van der Waals surface area (Å²) in [6.07, 6.45) is 0. The molecule has 0 aromatic heterocycles. The molecule has 1 amide bonds. The maximum atomic E-state index is 12.7. The Hall–Kier alpha value is -2.25. The van der Waals surface area contributed by atoms with E-state index in [4.69, 9.17) is 9.47 Å². The summed E-state index contributed by atoms with van der Waals surface area (Å²) in [7, 11) is 0. The quantitative estimate of drug-likeness (QED) is 0.748. The van der Waals surface area contributed by atoms with Crippen LogP contribution in [0.5, 0.6) is 11.5 Å². The Kier molecular flexibility index (Phi) is 5.96. The van der Waals surface area contributed by atoms with Gasteiger partial charge in [-0.2, -0.15) is 0 Å². The number of ether oxygens (including phenoxy) is 2. The van der Waals surface area contributed by atoms with Crippen LogP contribution in [-0.4, -0.2) is 56.2 Å². The van der Waals surface area contributed by atoms with Gasteiger partial charge in [0.25, 0.3) is 5.91 Å². The predicted molar refractivity (Wildman–Crippen MR) is 118 cm³/mol. The first-order valence-corrected chi connectivity index (χ1v) is 10.8. The number of piperazine rings is 1. The standard InChI is InChI=1S/C22H26BrN3O3/c1-15(2)25-7-9-26(10-8-25)17-5-3-16(4-6-17)22(27)24-19-14-21-20(13-18(19)23)28-11-12-29-21/h3-6,13-15H,7-12H2,1-2H3,(H,24,27). The van der Waals surface area contributed by atoms with Gasteiger partial charge in [-0.3, -0.25) is 9.69 Å². The van der Waals surface area contributed by atoms with E-state index < -0.39 is 0 Å². The number of halogens is 1. The van der Waals surface area contributed by atoms with Crippen LogP contribution in [0.15, 0.2) is 40.9 Å². The van der Waals surface area contributed by atoms with Crippen LogP contribution in [-0.2, 0) is 0 Å². The fraction of sp³-hybridized carbons (Fsp3) is 0.409. The van der Waals surface area contributed by atoms with E-state index in [1.807, 2.05) is 30.3 Å². The zero-order chi connectivity index (χ0) is 20.4. The van der Waals surface area contributed by atoms with Crippen molar-refractivity contribution in [3.05, 3.63) is 46.4 Å². The first-order valence-electron chi connectivity index (χ1n) is 10.0. The van der Waals surface area contributed by atoms with Gasteiger partial charge in [-0.25, -0.2) is 0 Å². The normalized spacial score (nSPS) is 16.8. The highest BCUT2D eigenvalue weighted by molar-refractivity contribution is 9.10. The monoisotopic (exact) mass is 459 g/mol. The maximum Gasteiger partial charge on any atom is 0.255 e. The Morgan fingerprint density at radius 2 is 1.62 bits per heavy atom. The number of nitrogens with zero attached hydrogens (tertiary/aromatic N) is 2. The van der Waals surface area contributed by atoms with Gasteiger partial charge in [0.1, 0.15) is 13.2 Å². The smallest absolute Gasteiger partial charge is 0.255 e. The van der Waals surface area contributed by atoms with Crippen molar-refractivity contribution in [1.29, 1.82) is 0 Å². The predicted octanol–water partition coefficient (Wildman–Crippen LogP) is 4.00. The summed E-state index contributed by atoms with van der Waals surface area (Å²) in [5, 5.41) is 2.95. The molecule has 154 valence electrons. The molecule has 0 unspecified atom stereocenters. The van der Waals surface area contributed by atoms with Gasteiger partial charge < -0.3 is 19.7 Å². The average Bonchev–Trinajstić information content (AvgIpc) is 2.74. The van der Waals surface area contributed by atoms with Crippen molar-refractivity contribution in [3.63, 3.8) is 0 Å². The molecule has 0 bridgehead atoms. The first kappa shape index (κ1) is 20.0. The Bertz CT molecular complexity index is 878. The van der Waals surface area contributed by atoms with Crippen molar-refractivity contribution >= 4 is 33.2 Å². The number of anilines is 2. The van der Waals surface area contributed by atoms with Gasteiger partial charge in [0.2, 0.25) is 0 Å². The number of fused-ring (bicyclic) bond motifs is 1. The number of carbonyl (C=O) groups excluding carboxylic acids is 1. The van der Waals surface area contributed by atoms with Gasteiger partial charge >= 0.3 is 0 Å². The summed E-state index contributed by atoms with van der Waals surface area (Å²) in [5.41, 5.74) is 2.44. The molecule has 0 radical (unpaired) electrons. The maximum absolute atomic E-state index is 12.7. The number of hydrogen-bond acceptors (Lipinski definition) is 5. The van der Waals surface area contributed by atoms with Crippen LogP contribution in [0.2, 0.25) is 0 Å². The summed E-state index contributed by atoms with van der Waals surface area (Å²) >= 11 is 3.49. The Balaban J connectivity index is 1.41. The van der Waals surface area contributed by atoms with E-state index in [1.165, 1.54) is 0 Å². The third-order valence-electron chi connectivity index (χ3n) is 5.42. The topological polar surface area (TPSA) is 54.0 Å². The third-order valence-corrected chi connectivity index (χ3v) is 6.08. The highest BCUT2D eigenvalue weighted by Crippen LogP contribution is 2.38. The highest BCUT2D eigenvalue weighted by Gasteiger charge is 2.20. The minimum Gasteiger partial charge on any atom is -0.486 e. The number of hydrogen-bond donors (Lipinski definition) is 1. The van der Waals surface area contributed by atoms with E-state index >= 15 is 0 Å². The van der Waals surface area contributed by atoms with Crippen LogP contribution < -0.4 is 19.7 Å². The Morgan fingerprint density at radius 3 is 2.24 bits per heavy atom. The number of amides is 1. The van der Waals surface area contributed by atoms with Crippen LogP contribution in [0.1, 0.15) is 24.2 Å². The average molecular weight is 460 g/mol. The van der Waals surface area contributed by atoms with Gasteiger partial charge in [-0.05, 0) is 54.0 Å². The summed E-state index contributed by atoms with van der Waals surface area (Å²) in [6, 6.07) is 12.0. The van der Waals surface area contributed by atoms with E-state index in [-0.39, 0.29) is 5.91 Å². The molecule has 6 nitrogen and oxygen atoms in total. The second-order valence-corrected chi connectivity index (χ2v) is 8.45. The summed E-state index contributed by atoms with van der Waals surface area (Å²) < 4.78 is 11.9. The van der Waals surface area contributed by atoms with E-state index in [0.29, 0.717) is 42.0 Å². The fourth-order valence-corrected chi connectivity index (χ4v) is 4.10. The lowest BCUT2D eigenvalue weighted by Crippen LogP contribution is -2.48. The van der Waals surface area contributed by atoms with Gasteiger partial charge in [0, 0.05) is 60.1 Å². The lowest BCUT2D eigenvalue weighted by molar-refractivity contribution is 0.102. The summed E-state index contributed by atoms with van der Waals surface area (Å²) in [4.78, 5) is 17.6. The third kappa shape index (κ3) is 4.51. The van der Waals surface area contributed by atoms with Crippen LogP contribution in [0, 0.1) is 0 Å². The number of benzene rings is 2. The van der Waals surface area contributed by atoms with E-state index in [0.717, 1.165) is 36.3 Å². The number of nitrogens with one attached hydrogen (secondary N) is 1. The number of rotatable bonds is 4. The molecular weight excluding hydrogens is 434 g/mol. The molecule has 2 heterocycles. The van der Waals surface area contributed by atoms with Crippen molar-refractivity contribution in [3.8, 4) is 11.5 Å². The second kappa shape index (κ2) is 8.63. The molecule has 0 saturated carbocycles. The minimum absolute atomic E-state index is 0.154. The molecule has 4 rings (SSSR count). The number of carbonyl (C=O) groups is 1.